The number of hydrogen-bond donors (Lipinski definition) is 0. The summed E-state index contributed by atoms with van der Waals surface area (Å²) in [7, 11) is -1.40. The third-order valence-corrected chi connectivity index (χ3v) is 7.66. The van der Waals surface area contributed by atoms with Crippen molar-refractivity contribution in [2.24, 2.45) is 7.05 Å². The molecule has 0 aliphatic rings. The van der Waals surface area contributed by atoms with Crippen molar-refractivity contribution >= 4 is 43.3 Å². The second-order valence-corrected chi connectivity index (χ2v) is 11.2. The Morgan fingerprint density at radius 3 is 2.58 bits per heavy atom. The fourth-order valence-corrected chi connectivity index (χ4v) is 5.25. The zero-order valence-corrected chi connectivity index (χ0v) is 21.7. The number of aryl methyl sites for hydroxylation is 1. The van der Waals surface area contributed by atoms with Gasteiger partial charge in [0.2, 0.25) is 0 Å². The number of nitrogens with zero attached hydrogens (tertiary/aromatic N) is 6. The van der Waals surface area contributed by atoms with Crippen LogP contribution in [0.3, 0.4) is 0 Å². The van der Waals surface area contributed by atoms with Crippen LogP contribution >= 0.6 is 0 Å². The SMILES string of the molecule is Cn1ccc2ccc(-c3cc(N(Cc4cccnc4)c4cc(S(C)(=O)=O)ccn4)cc4nccnc34)cc21. The van der Waals surface area contributed by atoms with Crippen LogP contribution in [0.1, 0.15) is 5.56 Å². The number of hydrogen-bond acceptors (Lipinski definition) is 7. The molecule has 8 nitrogen and oxygen atoms in total. The molecule has 6 aromatic rings. The lowest BCUT2D eigenvalue weighted by Crippen LogP contribution is -2.18. The molecule has 0 amide bonds. The maximum atomic E-state index is 12.4. The maximum absolute atomic E-state index is 12.4. The first kappa shape index (κ1) is 23.7. The summed E-state index contributed by atoms with van der Waals surface area (Å²) in [6, 6.07) is 19.4. The van der Waals surface area contributed by atoms with Crippen LogP contribution in [0, 0.1) is 0 Å². The van der Waals surface area contributed by atoms with Crippen molar-refractivity contribution in [3.63, 3.8) is 0 Å². The average molecular weight is 521 g/mol. The molecule has 0 fully saturated rings. The van der Waals surface area contributed by atoms with Crippen LogP contribution in [0.2, 0.25) is 0 Å². The fourth-order valence-electron chi connectivity index (χ4n) is 4.62. The first-order chi connectivity index (χ1) is 18.4. The van der Waals surface area contributed by atoms with Gasteiger partial charge in [-0.05, 0) is 59.0 Å². The molecule has 4 heterocycles. The molecular formula is C29H24N6O2S. The van der Waals surface area contributed by atoms with Crippen LogP contribution in [-0.4, -0.2) is 39.2 Å². The quantitative estimate of drug-likeness (QED) is 0.293. The summed E-state index contributed by atoms with van der Waals surface area (Å²) >= 11 is 0. The highest BCUT2D eigenvalue weighted by Gasteiger charge is 2.19. The van der Waals surface area contributed by atoms with E-state index in [0.717, 1.165) is 44.3 Å². The Bertz CT molecular complexity index is 1900. The molecular weight excluding hydrogens is 496 g/mol. The van der Waals surface area contributed by atoms with Crippen LogP contribution in [0.4, 0.5) is 11.5 Å². The van der Waals surface area contributed by atoms with E-state index in [1.54, 1.807) is 30.9 Å². The summed E-state index contributed by atoms with van der Waals surface area (Å²) < 4.78 is 26.8. The Morgan fingerprint density at radius 2 is 1.76 bits per heavy atom. The van der Waals surface area contributed by atoms with Gasteiger partial charge in [0.25, 0.3) is 0 Å². The molecule has 0 radical (unpaired) electrons. The first-order valence-corrected chi connectivity index (χ1v) is 13.9. The number of sulfone groups is 1. The van der Waals surface area contributed by atoms with E-state index >= 15 is 0 Å². The minimum absolute atomic E-state index is 0.202. The van der Waals surface area contributed by atoms with Gasteiger partial charge in [-0.15, -0.1) is 0 Å². The summed E-state index contributed by atoms with van der Waals surface area (Å²) in [6.45, 7) is 0.427. The van der Waals surface area contributed by atoms with E-state index in [9.17, 15) is 8.42 Å². The second-order valence-electron chi connectivity index (χ2n) is 9.19. The molecule has 0 aliphatic heterocycles. The summed E-state index contributed by atoms with van der Waals surface area (Å²) in [5.74, 6) is 0.504. The molecule has 2 aromatic carbocycles. The summed E-state index contributed by atoms with van der Waals surface area (Å²) in [4.78, 5) is 20.3. The number of fused-ring (bicyclic) bond motifs is 2. The molecule has 188 valence electrons. The first-order valence-electron chi connectivity index (χ1n) is 12.0. The smallest absolute Gasteiger partial charge is 0.175 e. The van der Waals surface area contributed by atoms with Crippen molar-refractivity contribution in [3.05, 3.63) is 103 Å². The van der Waals surface area contributed by atoms with Gasteiger partial charge in [-0.25, -0.2) is 13.4 Å². The van der Waals surface area contributed by atoms with E-state index in [1.807, 2.05) is 36.3 Å². The Kier molecular flexibility index (Phi) is 5.84. The van der Waals surface area contributed by atoms with Crippen LogP contribution in [-0.2, 0) is 23.4 Å². The van der Waals surface area contributed by atoms with Crippen molar-refractivity contribution in [1.29, 1.82) is 0 Å². The van der Waals surface area contributed by atoms with Crippen LogP contribution < -0.4 is 4.90 Å². The van der Waals surface area contributed by atoms with Gasteiger partial charge in [-0.1, -0.05) is 18.2 Å². The minimum Gasteiger partial charge on any atom is -0.351 e. The van der Waals surface area contributed by atoms with Gasteiger partial charge in [-0.2, -0.15) is 0 Å². The third kappa shape index (κ3) is 4.48. The van der Waals surface area contributed by atoms with E-state index in [1.165, 1.54) is 18.5 Å². The van der Waals surface area contributed by atoms with Crippen LogP contribution in [0.25, 0.3) is 33.1 Å². The number of benzene rings is 2. The standard InChI is InChI=1S/C29H24N6O2S/c1-34-13-8-21-5-6-22(14-27(21)34)25-15-23(16-26-29(25)33-12-11-31-26)35(19-20-4-3-9-30-18-20)28-17-24(7-10-32-28)38(2,36)37/h3-18H,19H2,1-2H3. The summed E-state index contributed by atoms with van der Waals surface area (Å²) in [6.07, 6.45) is 11.6. The number of pyridine rings is 2. The van der Waals surface area contributed by atoms with Crippen molar-refractivity contribution in [2.75, 3.05) is 11.2 Å². The molecule has 0 bridgehead atoms. The summed E-state index contributed by atoms with van der Waals surface area (Å²) in [5.41, 5.74) is 6.30. The van der Waals surface area contributed by atoms with Gasteiger partial charge in [-0.3, -0.25) is 15.0 Å². The molecule has 0 atom stereocenters. The molecule has 0 aliphatic carbocycles. The molecule has 9 heteroatoms. The van der Waals surface area contributed by atoms with E-state index in [-0.39, 0.29) is 4.90 Å². The van der Waals surface area contributed by atoms with E-state index < -0.39 is 9.84 Å². The van der Waals surface area contributed by atoms with Crippen molar-refractivity contribution in [1.82, 2.24) is 24.5 Å². The van der Waals surface area contributed by atoms with Crippen molar-refractivity contribution in [2.45, 2.75) is 11.4 Å². The van der Waals surface area contributed by atoms with Gasteiger partial charge in [0.15, 0.2) is 9.84 Å². The molecule has 4 aromatic heterocycles. The summed E-state index contributed by atoms with van der Waals surface area (Å²) in [5, 5.41) is 1.16. The molecule has 6 rings (SSSR count). The van der Waals surface area contributed by atoms with Crippen molar-refractivity contribution in [3.8, 4) is 11.1 Å². The highest BCUT2D eigenvalue weighted by Crippen LogP contribution is 2.36. The second kappa shape index (κ2) is 9.35. The molecule has 38 heavy (non-hydrogen) atoms. The molecule has 0 N–H and O–H groups in total. The Hall–Kier alpha value is -4.63. The number of anilines is 2. The Labute approximate surface area is 220 Å². The Morgan fingerprint density at radius 1 is 0.895 bits per heavy atom. The van der Waals surface area contributed by atoms with Gasteiger partial charge in [0, 0.05) is 67.3 Å². The minimum atomic E-state index is -3.42. The lowest BCUT2D eigenvalue weighted by molar-refractivity contribution is 0.601. The predicted octanol–water partition coefficient (Wildman–Crippen LogP) is 5.32. The van der Waals surface area contributed by atoms with Gasteiger partial charge < -0.3 is 9.47 Å². The lowest BCUT2D eigenvalue weighted by Gasteiger charge is -2.25. The van der Waals surface area contributed by atoms with E-state index in [4.69, 9.17) is 0 Å². The molecule has 0 spiro atoms. The molecule has 0 saturated heterocycles. The number of rotatable bonds is 6. The predicted molar refractivity (Wildman–Crippen MR) is 149 cm³/mol. The molecule has 0 saturated carbocycles. The largest absolute Gasteiger partial charge is 0.351 e. The topological polar surface area (TPSA) is 93.9 Å². The highest BCUT2D eigenvalue weighted by molar-refractivity contribution is 7.90. The Balaban J connectivity index is 1.58. The van der Waals surface area contributed by atoms with Gasteiger partial charge in [0.1, 0.15) is 5.82 Å². The zero-order valence-electron chi connectivity index (χ0n) is 20.9. The van der Waals surface area contributed by atoms with Gasteiger partial charge >= 0.3 is 0 Å². The van der Waals surface area contributed by atoms with E-state index in [2.05, 4.69) is 54.8 Å². The lowest BCUT2D eigenvalue weighted by atomic mass is 10.0. The molecule has 0 unspecified atom stereocenters. The monoisotopic (exact) mass is 520 g/mol. The fraction of sp³-hybridized carbons (Fsp3) is 0.103. The van der Waals surface area contributed by atoms with E-state index in [0.29, 0.717) is 12.4 Å². The third-order valence-electron chi connectivity index (χ3n) is 6.55. The van der Waals surface area contributed by atoms with Gasteiger partial charge in [0.05, 0.1) is 22.5 Å². The normalized spacial score (nSPS) is 11.7. The van der Waals surface area contributed by atoms with Crippen LogP contribution in [0.15, 0.2) is 103 Å². The highest BCUT2D eigenvalue weighted by atomic mass is 32.2. The maximum Gasteiger partial charge on any atom is 0.175 e. The van der Waals surface area contributed by atoms with Crippen molar-refractivity contribution < 1.29 is 8.42 Å². The van der Waals surface area contributed by atoms with Crippen LogP contribution in [0.5, 0.6) is 0 Å². The zero-order chi connectivity index (χ0) is 26.3. The number of aromatic nitrogens is 5. The average Bonchev–Trinajstić information content (AvgIpc) is 3.31.